The van der Waals surface area contributed by atoms with Gasteiger partial charge in [0.2, 0.25) is 0 Å². The van der Waals surface area contributed by atoms with Crippen LogP contribution >= 0.6 is 11.3 Å². The Labute approximate surface area is 198 Å². The molecule has 1 N–H and O–H groups in total. The number of amides is 2. The van der Waals surface area contributed by atoms with E-state index in [-0.39, 0.29) is 29.2 Å². The van der Waals surface area contributed by atoms with Crippen LogP contribution in [0.5, 0.6) is 0 Å². The number of aromatic nitrogens is 2. The summed E-state index contributed by atoms with van der Waals surface area (Å²) in [5, 5.41) is 8.47. The molecular formula is C25H22F2N4O2S. The Hall–Kier alpha value is -3.59. The number of hydrogen-bond donors (Lipinski definition) is 1. The van der Waals surface area contributed by atoms with Crippen molar-refractivity contribution in [1.82, 2.24) is 20.0 Å². The maximum atomic E-state index is 13.9. The van der Waals surface area contributed by atoms with Gasteiger partial charge in [-0.15, -0.1) is 11.3 Å². The first kappa shape index (κ1) is 22.2. The molecule has 6 nitrogen and oxygen atoms in total. The molecule has 0 aliphatic carbocycles. The van der Waals surface area contributed by atoms with Crippen LogP contribution in [0.4, 0.5) is 8.78 Å². The normalized spacial score (nSPS) is 14.5. The van der Waals surface area contributed by atoms with Crippen molar-refractivity contribution < 1.29 is 18.4 Å². The van der Waals surface area contributed by atoms with Crippen molar-refractivity contribution in [2.45, 2.75) is 25.8 Å². The van der Waals surface area contributed by atoms with Crippen LogP contribution in [-0.2, 0) is 0 Å². The predicted molar refractivity (Wildman–Crippen MR) is 126 cm³/mol. The molecule has 0 saturated carbocycles. The van der Waals surface area contributed by atoms with E-state index in [4.69, 9.17) is 0 Å². The summed E-state index contributed by atoms with van der Waals surface area (Å²) in [6.07, 6.45) is 1.19. The van der Waals surface area contributed by atoms with E-state index in [1.165, 1.54) is 35.6 Å². The molecule has 1 fully saturated rings. The van der Waals surface area contributed by atoms with Crippen molar-refractivity contribution >= 4 is 33.4 Å². The minimum atomic E-state index is -0.526. The Kier molecular flexibility index (Phi) is 5.87. The highest BCUT2D eigenvalue weighted by Crippen LogP contribution is 2.30. The first-order chi connectivity index (χ1) is 16.4. The molecule has 0 unspecified atom stereocenters. The standard InChI is InChI=1S/C25H22F2N4O2S/c1-15-20-14-22(34-25(20)31(29-15)18-8-6-16(26)7-9-18)23(32)28-17-10-12-30(13-11-17)24(33)19-4-2-3-5-21(19)27/h2-9,14,17H,10-13H2,1H3,(H,28,32). The van der Waals surface area contributed by atoms with Crippen LogP contribution < -0.4 is 5.32 Å². The number of aryl methyl sites for hydroxylation is 1. The fraction of sp³-hybridized carbons (Fsp3) is 0.240. The molecular weight excluding hydrogens is 458 g/mol. The quantitative estimate of drug-likeness (QED) is 0.460. The summed E-state index contributed by atoms with van der Waals surface area (Å²) in [5.41, 5.74) is 1.58. The molecule has 1 saturated heterocycles. The molecule has 4 aromatic rings. The van der Waals surface area contributed by atoms with Crippen molar-refractivity contribution in [2.24, 2.45) is 0 Å². The summed E-state index contributed by atoms with van der Waals surface area (Å²) >= 11 is 1.33. The summed E-state index contributed by atoms with van der Waals surface area (Å²) in [6.45, 7) is 2.77. The molecule has 2 amide bonds. The Bertz CT molecular complexity index is 1370. The van der Waals surface area contributed by atoms with Crippen LogP contribution in [0.2, 0.25) is 0 Å². The zero-order valence-electron chi connectivity index (χ0n) is 18.4. The van der Waals surface area contributed by atoms with Gasteiger partial charge in [0, 0.05) is 24.5 Å². The predicted octanol–water partition coefficient (Wildman–Crippen LogP) is 4.71. The van der Waals surface area contributed by atoms with Gasteiger partial charge >= 0.3 is 0 Å². The number of carbonyl (C=O) groups is 2. The molecule has 0 atom stereocenters. The topological polar surface area (TPSA) is 67.2 Å². The van der Waals surface area contributed by atoms with Crippen molar-refractivity contribution in [2.75, 3.05) is 13.1 Å². The molecule has 0 radical (unpaired) electrons. The number of benzene rings is 2. The van der Waals surface area contributed by atoms with Gasteiger partial charge in [-0.25, -0.2) is 13.5 Å². The van der Waals surface area contributed by atoms with Gasteiger partial charge in [0.05, 0.1) is 21.8 Å². The number of likely N-dealkylation sites (tertiary alicyclic amines) is 1. The van der Waals surface area contributed by atoms with E-state index in [1.54, 1.807) is 33.8 Å². The molecule has 174 valence electrons. The van der Waals surface area contributed by atoms with Crippen LogP contribution in [-0.4, -0.2) is 45.6 Å². The minimum absolute atomic E-state index is 0.0702. The number of fused-ring (bicyclic) bond motifs is 1. The largest absolute Gasteiger partial charge is 0.348 e. The Balaban J connectivity index is 1.26. The average molecular weight is 481 g/mol. The summed E-state index contributed by atoms with van der Waals surface area (Å²) < 4.78 is 29.0. The molecule has 0 bridgehead atoms. The molecule has 2 aromatic carbocycles. The van der Waals surface area contributed by atoms with Crippen LogP contribution in [0, 0.1) is 18.6 Å². The maximum absolute atomic E-state index is 13.9. The molecule has 1 aliphatic rings. The lowest BCUT2D eigenvalue weighted by Gasteiger charge is -2.32. The summed E-state index contributed by atoms with van der Waals surface area (Å²) in [6, 6.07) is 13.8. The highest BCUT2D eigenvalue weighted by Gasteiger charge is 2.27. The van der Waals surface area contributed by atoms with E-state index in [9.17, 15) is 18.4 Å². The van der Waals surface area contributed by atoms with Crippen LogP contribution in [0.25, 0.3) is 15.9 Å². The first-order valence-corrected chi connectivity index (χ1v) is 11.8. The third kappa shape index (κ3) is 4.19. The third-order valence-corrected chi connectivity index (χ3v) is 7.17. The number of nitrogens with one attached hydrogen (secondary N) is 1. The number of nitrogens with zero attached hydrogens (tertiary/aromatic N) is 3. The molecule has 34 heavy (non-hydrogen) atoms. The Morgan fingerprint density at radius 1 is 1.06 bits per heavy atom. The second kappa shape index (κ2) is 8.98. The second-order valence-electron chi connectivity index (χ2n) is 8.32. The number of halogens is 2. The lowest BCUT2D eigenvalue weighted by molar-refractivity contribution is 0.0694. The fourth-order valence-electron chi connectivity index (χ4n) is 4.20. The lowest BCUT2D eigenvalue weighted by Crippen LogP contribution is -2.46. The first-order valence-electron chi connectivity index (χ1n) is 11.0. The minimum Gasteiger partial charge on any atom is -0.348 e. The van der Waals surface area contributed by atoms with Gasteiger partial charge < -0.3 is 10.2 Å². The molecule has 9 heteroatoms. The smallest absolute Gasteiger partial charge is 0.261 e. The lowest BCUT2D eigenvalue weighted by atomic mass is 10.0. The summed E-state index contributed by atoms with van der Waals surface area (Å²) in [7, 11) is 0. The van der Waals surface area contributed by atoms with Crippen molar-refractivity contribution in [1.29, 1.82) is 0 Å². The van der Waals surface area contributed by atoms with Gasteiger partial charge in [-0.1, -0.05) is 12.1 Å². The number of thiophene rings is 1. The monoisotopic (exact) mass is 480 g/mol. The highest BCUT2D eigenvalue weighted by atomic mass is 32.1. The average Bonchev–Trinajstić information content (AvgIpc) is 3.41. The van der Waals surface area contributed by atoms with Gasteiger partial charge in [-0.3, -0.25) is 9.59 Å². The molecule has 3 heterocycles. The van der Waals surface area contributed by atoms with Gasteiger partial charge in [0.1, 0.15) is 16.5 Å². The fourth-order valence-corrected chi connectivity index (χ4v) is 5.29. The molecule has 5 rings (SSSR count). The van der Waals surface area contributed by atoms with Crippen LogP contribution in [0.3, 0.4) is 0 Å². The third-order valence-electron chi connectivity index (χ3n) is 6.06. The van der Waals surface area contributed by atoms with Gasteiger partial charge in [-0.05, 0) is 62.2 Å². The van der Waals surface area contributed by atoms with Gasteiger partial charge in [0.15, 0.2) is 0 Å². The van der Waals surface area contributed by atoms with E-state index >= 15 is 0 Å². The van der Waals surface area contributed by atoms with E-state index < -0.39 is 5.82 Å². The number of piperidine rings is 1. The van der Waals surface area contributed by atoms with Crippen LogP contribution in [0.15, 0.2) is 54.6 Å². The van der Waals surface area contributed by atoms with E-state index in [1.807, 2.05) is 13.0 Å². The van der Waals surface area contributed by atoms with Crippen molar-refractivity contribution in [3.8, 4) is 5.69 Å². The second-order valence-corrected chi connectivity index (χ2v) is 9.35. The van der Waals surface area contributed by atoms with Crippen LogP contribution in [0.1, 0.15) is 38.6 Å². The number of hydrogen-bond acceptors (Lipinski definition) is 4. The van der Waals surface area contributed by atoms with Crippen molar-refractivity contribution in [3.05, 3.63) is 82.4 Å². The highest BCUT2D eigenvalue weighted by molar-refractivity contribution is 7.20. The molecule has 1 aliphatic heterocycles. The van der Waals surface area contributed by atoms with E-state index in [2.05, 4.69) is 10.4 Å². The number of rotatable bonds is 4. The maximum Gasteiger partial charge on any atom is 0.261 e. The summed E-state index contributed by atoms with van der Waals surface area (Å²) in [4.78, 5) is 28.6. The molecule has 0 spiro atoms. The molecule has 2 aromatic heterocycles. The van der Waals surface area contributed by atoms with Gasteiger partial charge in [-0.2, -0.15) is 5.10 Å². The Morgan fingerprint density at radius 2 is 1.76 bits per heavy atom. The summed E-state index contributed by atoms with van der Waals surface area (Å²) in [5.74, 6) is -1.35. The SMILES string of the molecule is Cc1nn(-c2ccc(F)cc2)c2sc(C(=O)NC3CCN(C(=O)c4ccccc4F)CC3)cc12. The van der Waals surface area contributed by atoms with E-state index in [0.29, 0.717) is 30.8 Å². The van der Waals surface area contributed by atoms with E-state index in [0.717, 1.165) is 21.6 Å². The zero-order valence-corrected chi connectivity index (χ0v) is 19.2. The zero-order chi connectivity index (χ0) is 23.8. The van der Waals surface area contributed by atoms with Crippen molar-refractivity contribution in [3.63, 3.8) is 0 Å². The number of carbonyl (C=O) groups excluding carboxylic acids is 2. The Morgan fingerprint density at radius 3 is 2.47 bits per heavy atom. The van der Waals surface area contributed by atoms with Gasteiger partial charge in [0.25, 0.3) is 11.8 Å².